The van der Waals surface area contributed by atoms with Crippen molar-refractivity contribution in [2.75, 3.05) is 6.54 Å². The van der Waals surface area contributed by atoms with E-state index in [-0.39, 0.29) is 23.8 Å². The van der Waals surface area contributed by atoms with E-state index in [0.717, 1.165) is 29.5 Å². The minimum Gasteiger partial charge on any atom is -0.444 e. The molecule has 0 aliphatic rings. The van der Waals surface area contributed by atoms with Crippen molar-refractivity contribution in [1.29, 1.82) is 0 Å². The van der Waals surface area contributed by atoms with Crippen LogP contribution in [0.5, 0.6) is 0 Å². The number of aryl methyl sites for hydroxylation is 2. The molecule has 1 aromatic carbocycles. The van der Waals surface area contributed by atoms with Crippen LogP contribution >= 0.6 is 0 Å². The molecule has 0 fully saturated rings. The Bertz CT molecular complexity index is 842. The van der Waals surface area contributed by atoms with Crippen LogP contribution in [0, 0.1) is 19.8 Å². The Kier molecular flexibility index (Phi) is 11.7. The third-order valence-corrected chi connectivity index (χ3v) is 6.26. The maximum Gasteiger partial charge on any atom is 0.408 e. The molecule has 0 aromatic heterocycles. The summed E-state index contributed by atoms with van der Waals surface area (Å²) in [6.07, 6.45) is 1.83. The summed E-state index contributed by atoms with van der Waals surface area (Å²) >= 11 is 0. The van der Waals surface area contributed by atoms with Crippen LogP contribution < -0.4 is 10.6 Å². The van der Waals surface area contributed by atoms with Gasteiger partial charge in [0.2, 0.25) is 11.8 Å². The van der Waals surface area contributed by atoms with Gasteiger partial charge in [0, 0.05) is 12.6 Å². The first kappa shape index (κ1) is 30.5. The minimum absolute atomic E-state index is 0.0154. The van der Waals surface area contributed by atoms with Gasteiger partial charge in [0.25, 0.3) is 0 Å². The number of nitrogens with zero attached hydrogens (tertiary/aromatic N) is 1. The molecule has 35 heavy (non-hydrogen) atoms. The van der Waals surface area contributed by atoms with Gasteiger partial charge < -0.3 is 20.3 Å². The number of carbonyl (C=O) groups is 3. The quantitative estimate of drug-likeness (QED) is 0.433. The maximum atomic E-state index is 14.0. The summed E-state index contributed by atoms with van der Waals surface area (Å²) < 4.78 is 5.44. The fourth-order valence-electron chi connectivity index (χ4n) is 4.28. The molecule has 0 heterocycles. The second-order valence-corrected chi connectivity index (χ2v) is 10.5. The van der Waals surface area contributed by atoms with Gasteiger partial charge in [-0.05, 0) is 77.5 Å². The van der Waals surface area contributed by atoms with E-state index in [1.165, 1.54) is 0 Å². The average molecular weight is 490 g/mol. The number of carbonyl (C=O) groups excluding carboxylic acids is 3. The number of hydrogen-bond acceptors (Lipinski definition) is 4. The van der Waals surface area contributed by atoms with Gasteiger partial charge in [-0.3, -0.25) is 9.59 Å². The van der Waals surface area contributed by atoms with E-state index in [4.69, 9.17) is 4.74 Å². The third kappa shape index (κ3) is 8.86. The summed E-state index contributed by atoms with van der Waals surface area (Å²) in [6.45, 7) is 19.4. The molecule has 7 heteroatoms. The smallest absolute Gasteiger partial charge is 0.408 e. The molecule has 1 aromatic rings. The van der Waals surface area contributed by atoms with E-state index >= 15 is 0 Å². The van der Waals surface area contributed by atoms with Crippen LogP contribution in [0.2, 0.25) is 0 Å². The lowest BCUT2D eigenvalue weighted by Gasteiger charge is -2.37. The number of ether oxygens (including phenoxy) is 1. The van der Waals surface area contributed by atoms with Crippen molar-refractivity contribution in [2.45, 2.75) is 112 Å². The summed E-state index contributed by atoms with van der Waals surface area (Å²) in [6, 6.07) is 4.23. The number of nitrogens with one attached hydrogen (secondary N) is 2. The van der Waals surface area contributed by atoms with Gasteiger partial charge >= 0.3 is 6.09 Å². The van der Waals surface area contributed by atoms with Crippen molar-refractivity contribution >= 4 is 17.9 Å². The second-order valence-electron chi connectivity index (χ2n) is 10.5. The normalized spacial score (nSPS) is 14.9. The number of alkyl carbamates (subject to hydrolysis) is 1. The van der Waals surface area contributed by atoms with E-state index in [9.17, 15) is 14.4 Å². The molecule has 7 nitrogen and oxygen atoms in total. The van der Waals surface area contributed by atoms with Crippen LogP contribution in [-0.2, 0) is 14.3 Å². The summed E-state index contributed by atoms with van der Waals surface area (Å²) in [4.78, 5) is 41.9. The first-order valence-electron chi connectivity index (χ1n) is 12.9. The average Bonchev–Trinajstić information content (AvgIpc) is 2.74. The number of likely N-dealkylation sites (N-methyl/N-ethyl adjacent to an activating group) is 1. The van der Waals surface area contributed by atoms with Gasteiger partial charge in [-0.25, -0.2) is 4.79 Å². The van der Waals surface area contributed by atoms with Gasteiger partial charge in [0.15, 0.2) is 0 Å². The molecule has 198 valence electrons. The molecule has 4 unspecified atom stereocenters. The van der Waals surface area contributed by atoms with Gasteiger partial charge in [-0.1, -0.05) is 51.8 Å². The summed E-state index contributed by atoms with van der Waals surface area (Å²) in [7, 11) is 0. The van der Waals surface area contributed by atoms with Crippen molar-refractivity contribution in [1.82, 2.24) is 15.5 Å². The summed E-state index contributed by atoms with van der Waals surface area (Å²) in [5.74, 6) is -0.651. The Hall–Kier alpha value is -2.57. The Morgan fingerprint density at radius 1 is 1.00 bits per heavy atom. The Morgan fingerprint density at radius 3 is 2.03 bits per heavy atom. The lowest BCUT2D eigenvalue weighted by atomic mass is 9.92. The fourth-order valence-corrected chi connectivity index (χ4v) is 4.28. The van der Waals surface area contributed by atoms with Gasteiger partial charge in [0.05, 0.1) is 0 Å². The zero-order valence-electron chi connectivity index (χ0n) is 23.5. The number of amides is 3. The van der Waals surface area contributed by atoms with E-state index in [0.29, 0.717) is 13.0 Å². The molecule has 4 atom stereocenters. The van der Waals surface area contributed by atoms with Gasteiger partial charge in [0.1, 0.15) is 17.7 Å². The van der Waals surface area contributed by atoms with Gasteiger partial charge in [-0.2, -0.15) is 0 Å². The molecule has 1 rings (SSSR count). The third-order valence-electron chi connectivity index (χ3n) is 6.26. The number of rotatable bonds is 11. The van der Waals surface area contributed by atoms with Crippen molar-refractivity contribution < 1.29 is 19.1 Å². The first-order chi connectivity index (χ1) is 16.3. The highest BCUT2D eigenvalue weighted by Crippen LogP contribution is 2.29. The van der Waals surface area contributed by atoms with Crippen LogP contribution in [0.3, 0.4) is 0 Å². The Balaban J connectivity index is 3.49. The second kappa shape index (κ2) is 13.5. The van der Waals surface area contributed by atoms with E-state index in [1.54, 1.807) is 25.7 Å². The Labute approximate surface area is 212 Å². The summed E-state index contributed by atoms with van der Waals surface area (Å²) in [5.41, 5.74) is 2.02. The SMILES string of the molecule is CCCC(C)NC(=O)C(c1c(C)cccc1C)N(CC)C(=O)C(NC(=O)OC(C)(C)C)C(C)CC. The lowest BCUT2D eigenvalue weighted by Crippen LogP contribution is -2.55. The van der Waals surface area contributed by atoms with Crippen LogP contribution in [0.4, 0.5) is 4.79 Å². The van der Waals surface area contributed by atoms with Crippen molar-refractivity contribution in [2.24, 2.45) is 5.92 Å². The van der Waals surface area contributed by atoms with Crippen LogP contribution in [0.25, 0.3) is 0 Å². The largest absolute Gasteiger partial charge is 0.444 e. The molecule has 0 radical (unpaired) electrons. The molecular weight excluding hydrogens is 442 g/mol. The highest BCUT2D eigenvalue weighted by Gasteiger charge is 2.38. The summed E-state index contributed by atoms with van der Waals surface area (Å²) in [5, 5.41) is 5.90. The number of benzene rings is 1. The zero-order valence-corrected chi connectivity index (χ0v) is 23.5. The minimum atomic E-state index is -0.817. The van der Waals surface area contributed by atoms with Crippen LogP contribution in [0.15, 0.2) is 18.2 Å². The molecule has 3 amide bonds. The standard InChI is InChI=1S/C28H47N3O4/c1-11-15-21(7)29-25(32)24(22-19(5)16-14-17-20(22)6)31(13-3)26(33)23(18(4)12-2)30-27(34)35-28(8,9)10/h14,16-18,21,23-24H,11-13,15H2,1-10H3,(H,29,32)(H,30,34). The predicted octanol–water partition coefficient (Wildman–Crippen LogP) is 5.44. The monoisotopic (exact) mass is 489 g/mol. The number of hydrogen-bond donors (Lipinski definition) is 2. The zero-order chi connectivity index (χ0) is 26.9. The topological polar surface area (TPSA) is 87.7 Å². The maximum absolute atomic E-state index is 14.0. The van der Waals surface area contributed by atoms with E-state index < -0.39 is 23.8 Å². The molecule has 2 N–H and O–H groups in total. The molecule has 0 aliphatic carbocycles. The molecular formula is C28H47N3O4. The highest BCUT2D eigenvalue weighted by atomic mass is 16.6. The van der Waals surface area contributed by atoms with E-state index in [2.05, 4.69) is 17.6 Å². The Morgan fingerprint density at radius 2 is 1.57 bits per heavy atom. The molecule has 0 saturated heterocycles. The van der Waals surface area contributed by atoms with Gasteiger partial charge in [-0.15, -0.1) is 0 Å². The molecule has 0 bridgehead atoms. The fraction of sp³-hybridized carbons (Fsp3) is 0.679. The van der Waals surface area contributed by atoms with E-state index in [1.807, 2.05) is 59.7 Å². The highest BCUT2D eigenvalue weighted by molar-refractivity contribution is 5.92. The lowest BCUT2D eigenvalue weighted by molar-refractivity contribution is -0.143. The predicted molar refractivity (Wildman–Crippen MR) is 141 cm³/mol. The van der Waals surface area contributed by atoms with Crippen LogP contribution in [0.1, 0.15) is 97.4 Å². The molecule has 0 spiro atoms. The first-order valence-corrected chi connectivity index (χ1v) is 12.9. The van der Waals surface area contributed by atoms with Crippen molar-refractivity contribution in [3.63, 3.8) is 0 Å². The molecule has 0 saturated carbocycles. The van der Waals surface area contributed by atoms with Crippen molar-refractivity contribution in [3.05, 3.63) is 34.9 Å². The van der Waals surface area contributed by atoms with Crippen molar-refractivity contribution in [3.8, 4) is 0 Å². The molecule has 0 aliphatic heterocycles. The van der Waals surface area contributed by atoms with Crippen LogP contribution in [-0.4, -0.2) is 47.0 Å².